The fraction of sp³-hybridized carbons (Fsp3) is 0.647. The third-order valence-electron chi connectivity index (χ3n) is 4.31. The normalized spacial score (nSPS) is 18.1. The summed E-state index contributed by atoms with van der Waals surface area (Å²) in [6.45, 7) is 7.48. The van der Waals surface area contributed by atoms with E-state index < -0.39 is 0 Å². The number of aromatic hydroxyl groups is 1. The Morgan fingerprint density at radius 2 is 1.90 bits per heavy atom. The summed E-state index contributed by atoms with van der Waals surface area (Å²) in [5, 5.41) is 10.0. The summed E-state index contributed by atoms with van der Waals surface area (Å²) in [5.74, 6) is 0.486. The molecule has 0 aromatic heterocycles. The number of rotatable bonds is 5. The Kier molecular flexibility index (Phi) is 5.03. The topological polar surface area (TPSA) is 23.5 Å². The Balaban J connectivity index is 2.24. The van der Waals surface area contributed by atoms with E-state index in [1.54, 1.807) is 0 Å². The molecule has 2 rings (SSSR count). The van der Waals surface area contributed by atoms with Gasteiger partial charge in [-0.25, -0.2) is 4.39 Å². The average Bonchev–Trinajstić information content (AvgIpc) is 2.91. The van der Waals surface area contributed by atoms with Crippen LogP contribution in [0.15, 0.2) is 18.2 Å². The molecule has 1 aliphatic carbocycles. The molecule has 0 spiro atoms. The van der Waals surface area contributed by atoms with Crippen molar-refractivity contribution in [2.45, 2.75) is 58.5 Å². The Labute approximate surface area is 121 Å². The smallest absolute Gasteiger partial charge is 0.123 e. The Morgan fingerprint density at radius 1 is 1.25 bits per heavy atom. The van der Waals surface area contributed by atoms with E-state index in [-0.39, 0.29) is 17.6 Å². The molecule has 2 nitrogen and oxygen atoms in total. The van der Waals surface area contributed by atoms with Gasteiger partial charge in [0.2, 0.25) is 0 Å². The Hall–Kier alpha value is -1.09. The summed E-state index contributed by atoms with van der Waals surface area (Å²) >= 11 is 0. The van der Waals surface area contributed by atoms with Gasteiger partial charge in [-0.1, -0.05) is 26.7 Å². The summed E-state index contributed by atoms with van der Waals surface area (Å²) in [5.41, 5.74) is 0.706. The standard InChI is InChI=1S/C17H26FNO/c1-12(2)11-19(15-6-4-5-7-15)13(3)16-10-14(18)8-9-17(16)20/h8-10,12-13,15,20H,4-7,11H2,1-3H3. The molecule has 0 radical (unpaired) electrons. The van der Waals surface area contributed by atoms with Crippen LogP contribution < -0.4 is 0 Å². The van der Waals surface area contributed by atoms with Crippen molar-refractivity contribution >= 4 is 0 Å². The number of phenolic OH excluding ortho intramolecular Hbond substituents is 1. The van der Waals surface area contributed by atoms with Crippen LogP contribution in [-0.4, -0.2) is 22.6 Å². The zero-order chi connectivity index (χ0) is 14.7. The lowest BCUT2D eigenvalue weighted by molar-refractivity contribution is 0.125. The van der Waals surface area contributed by atoms with Gasteiger partial charge in [0, 0.05) is 24.2 Å². The lowest BCUT2D eigenvalue weighted by Crippen LogP contribution is -2.38. The van der Waals surface area contributed by atoms with E-state index in [4.69, 9.17) is 0 Å². The molecule has 0 heterocycles. The molecule has 0 amide bonds. The highest BCUT2D eigenvalue weighted by molar-refractivity contribution is 5.35. The maximum Gasteiger partial charge on any atom is 0.123 e. The highest BCUT2D eigenvalue weighted by Gasteiger charge is 2.29. The molecule has 0 aliphatic heterocycles. The van der Waals surface area contributed by atoms with Crippen LogP contribution in [0.1, 0.15) is 58.1 Å². The van der Waals surface area contributed by atoms with E-state index in [1.165, 1.54) is 43.9 Å². The molecule has 1 aromatic carbocycles. The van der Waals surface area contributed by atoms with Crippen LogP contribution in [0.3, 0.4) is 0 Å². The van der Waals surface area contributed by atoms with Gasteiger partial charge in [-0.2, -0.15) is 0 Å². The molecule has 1 aromatic rings. The summed E-state index contributed by atoms with van der Waals surface area (Å²) in [7, 11) is 0. The van der Waals surface area contributed by atoms with Crippen molar-refractivity contribution in [3.05, 3.63) is 29.6 Å². The first-order valence-corrected chi connectivity index (χ1v) is 7.73. The highest BCUT2D eigenvalue weighted by atomic mass is 19.1. The summed E-state index contributed by atoms with van der Waals surface area (Å²) in [6, 6.07) is 4.87. The highest BCUT2D eigenvalue weighted by Crippen LogP contribution is 2.35. The number of halogens is 1. The first-order valence-electron chi connectivity index (χ1n) is 7.73. The first-order chi connectivity index (χ1) is 9.49. The number of phenols is 1. The van der Waals surface area contributed by atoms with Crippen LogP contribution in [0.5, 0.6) is 5.75 Å². The van der Waals surface area contributed by atoms with Gasteiger partial charge in [0.1, 0.15) is 11.6 Å². The fourth-order valence-corrected chi connectivity index (χ4v) is 3.32. The molecular formula is C17H26FNO. The van der Waals surface area contributed by atoms with Crippen LogP contribution in [0, 0.1) is 11.7 Å². The third kappa shape index (κ3) is 3.51. The van der Waals surface area contributed by atoms with E-state index >= 15 is 0 Å². The van der Waals surface area contributed by atoms with Crippen molar-refractivity contribution in [1.82, 2.24) is 4.90 Å². The molecule has 1 aliphatic rings. The maximum atomic E-state index is 13.5. The molecule has 0 saturated heterocycles. The monoisotopic (exact) mass is 279 g/mol. The maximum absolute atomic E-state index is 13.5. The van der Waals surface area contributed by atoms with Crippen molar-refractivity contribution in [1.29, 1.82) is 0 Å². The molecule has 1 saturated carbocycles. The minimum absolute atomic E-state index is 0.0520. The van der Waals surface area contributed by atoms with Gasteiger partial charge in [0.15, 0.2) is 0 Å². The minimum atomic E-state index is -0.277. The van der Waals surface area contributed by atoms with Crippen LogP contribution in [-0.2, 0) is 0 Å². The first kappa shape index (κ1) is 15.3. The zero-order valence-electron chi connectivity index (χ0n) is 12.8. The van der Waals surface area contributed by atoms with Gasteiger partial charge < -0.3 is 5.11 Å². The van der Waals surface area contributed by atoms with Crippen molar-refractivity contribution in [2.75, 3.05) is 6.54 Å². The molecule has 0 bridgehead atoms. The van der Waals surface area contributed by atoms with Crippen molar-refractivity contribution < 1.29 is 9.50 Å². The second-order valence-corrected chi connectivity index (χ2v) is 6.41. The van der Waals surface area contributed by atoms with E-state index in [0.29, 0.717) is 17.5 Å². The average molecular weight is 279 g/mol. The second kappa shape index (κ2) is 6.57. The molecule has 20 heavy (non-hydrogen) atoms. The van der Waals surface area contributed by atoms with Gasteiger partial charge in [-0.15, -0.1) is 0 Å². The van der Waals surface area contributed by atoms with Crippen LogP contribution >= 0.6 is 0 Å². The summed E-state index contributed by atoms with van der Waals surface area (Å²) < 4.78 is 13.5. The van der Waals surface area contributed by atoms with Crippen LogP contribution in [0.2, 0.25) is 0 Å². The molecule has 1 unspecified atom stereocenters. The van der Waals surface area contributed by atoms with Gasteiger partial charge in [0.25, 0.3) is 0 Å². The molecular weight excluding hydrogens is 253 g/mol. The predicted octanol–water partition coefficient (Wildman–Crippen LogP) is 4.49. The van der Waals surface area contributed by atoms with Crippen LogP contribution in [0.25, 0.3) is 0 Å². The van der Waals surface area contributed by atoms with E-state index in [1.807, 2.05) is 0 Å². The fourth-order valence-electron chi connectivity index (χ4n) is 3.32. The molecule has 1 atom stereocenters. The largest absolute Gasteiger partial charge is 0.508 e. The van der Waals surface area contributed by atoms with Crippen molar-refractivity contribution in [3.63, 3.8) is 0 Å². The summed E-state index contributed by atoms with van der Waals surface area (Å²) in [4.78, 5) is 2.45. The lowest BCUT2D eigenvalue weighted by atomic mass is 10.0. The molecule has 1 fully saturated rings. The Bertz CT molecular complexity index is 441. The van der Waals surface area contributed by atoms with E-state index in [0.717, 1.165) is 6.54 Å². The number of hydrogen-bond donors (Lipinski definition) is 1. The molecule has 3 heteroatoms. The summed E-state index contributed by atoms with van der Waals surface area (Å²) in [6.07, 6.45) is 4.99. The number of hydrogen-bond acceptors (Lipinski definition) is 2. The van der Waals surface area contributed by atoms with Crippen LogP contribution in [0.4, 0.5) is 4.39 Å². The lowest BCUT2D eigenvalue weighted by Gasteiger charge is -2.36. The third-order valence-corrected chi connectivity index (χ3v) is 4.31. The zero-order valence-corrected chi connectivity index (χ0v) is 12.8. The van der Waals surface area contributed by atoms with Gasteiger partial charge in [0.05, 0.1) is 0 Å². The quantitative estimate of drug-likeness (QED) is 0.858. The van der Waals surface area contributed by atoms with E-state index in [2.05, 4.69) is 25.7 Å². The SMILES string of the molecule is CC(C)CN(C1CCCC1)C(C)c1cc(F)ccc1O. The van der Waals surface area contributed by atoms with Crippen molar-refractivity contribution in [3.8, 4) is 5.75 Å². The predicted molar refractivity (Wildman–Crippen MR) is 80.3 cm³/mol. The number of nitrogens with zero attached hydrogens (tertiary/aromatic N) is 1. The van der Waals surface area contributed by atoms with Gasteiger partial charge >= 0.3 is 0 Å². The van der Waals surface area contributed by atoms with Crippen molar-refractivity contribution in [2.24, 2.45) is 5.92 Å². The second-order valence-electron chi connectivity index (χ2n) is 6.41. The number of benzene rings is 1. The molecule has 1 N–H and O–H groups in total. The van der Waals surface area contributed by atoms with E-state index in [9.17, 15) is 9.50 Å². The van der Waals surface area contributed by atoms with Gasteiger partial charge in [-0.05, 0) is 43.9 Å². The minimum Gasteiger partial charge on any atom is -0.508 e. The molecule has 112 valence electrons. The van der Waals surface area contributed by atoms with Gasteiger partial charge in [-0.3, -0.25) is 4.90 Å². The Morgan fingerprint density at radius 3 is 2.50 bits per heavy atom.